The van der Waals surface area contributed by atoms with Gasteiger partial charge in [-0.05, 0) is 17.9 Å². The van der Waals surface area contributed by atoms with Gasteiger partial charge in [0.15, 0.2) is 0 Å². The lowest BCUT2D eigenvalue weighted by molar-refractivity contribution is 0.233. The minimum absolute atomic E-state index is 0.435. The fourth-order valence-corrected chi connectivity index (χ4v) is 1.08. The third-order valence-electron chi connectivity index (χ3n) is 2.97. The molecule has 1 fully saturated rings. The number of hydrogen-bond acceptors (Lipinski definition) is 2. The summed E-state index contributed by atoms with van der Waals surface area (Å²) in [7, 11) is 0. The Morgan fingerprint density at radius 2 is 2.00 bits per heavy atom. The van der Waals surface area contributed by atoms with Crippen LogP contribution < -0.4 is 10.6 Å². The third kappa shape index (κ3) is 2.76. The van der Waals surface area contributed by atoms with Crippen LogP contribution in [0.2, 0.25) is 0 Å². The van der Waals surface area contributed by atoms with Gasteiger partial charge in [-0.3, -0.25) is 0 Å². The molecule has 0 aliphatic carbocycles. The molecule has 2 N–H and O–H groups in total. The van der Waals surface area contributed by atoms with Gasteiger partial charge in [0.25, 0.3) is 0 Å². The molecule has 0 aromatic rings. The molecule has 12 heavy (non-hydrogen) atoms. The molecule has 0 saturated carbocycles. The predicted octanol–water partition coefficient (Wildman–Crippen LogP) is 1.23. The zero-order chi connectivity index (χ0) is 9.19. The van der Waals surface area contributed by atoms with Crippen molar-refractivity contribution in [3.05, 3.63) is 0 Å². The van der Waals surface area contributed by atoms with Crippen LogP contribution in [-0.2, 0) is 0 Å². The van der Waals surface area contributed by atoms with Gasteiger partial charge in [-0.25, -0.2) is 0 Å². The molecule has 1 atom stereocenters. The topological polar surface area (TPSA) is 24.1 Å². The second kappa shape index (κ2) is 3.75. The molecule has 0 aromatic heterocycles. The maximum atomic E-state index is 3.56. The lowest BCUT2D eigenvalue weighted by Crippen LogP contribution is -2.56. The summed E-state index contributed by atoms with van der Waals surface area (Å²) in [5.74, 6) is 0.748. The van der Waals surface area contributed by atoms with E-state index < -0.39 is 0 Å². The van der Waals surface area contributed by atoms with Crippen molar-refractivity contribution in [2.75, 3.05) is 19.6 Å². The van der Waals surface area contributed by atoms with Crippen molar-refractivity contribution in [1.82, 2.24) is 10.6 Å². The summed E-state index contributed by atoms with van der Waals surface area (Å²) >= 11 is 0. The Hall–Kier alpha value is -0.0800. The monoisotopic (exact) mass is 170 g/mol. The van der Waals surface area contributed by atoms with Crippen molar-refractivity contribution < 1.29 is 0 Å². The quantitative estimate of drug-likeness (QED) is 0.665. The van der Waals surface area contributed by atoms with Gasteiger partial charge in [-0.1, -0.05) is 27.7 Å². The molecular weight excluding hydrogens is 148 g/mol. The van der Waals surface area contributed by atoms with Gasteiger partial charge in [-0.15, -0.1) is 0 Å². The molecule has 0 aromatic carbocycles. The van der Waals surface area contributed by atoms with Crippen molar-refractivity contribution in [1.29, 1.82) is 0 Å². The highest BCUT2D eigenvalue weighted by atomic mass is 15.1. The van der Waals surface area contributed by atoms with Gasteiger partial charge in [0, 0.05) is 19.1 Å². The summed E-state index contributed by atoms with van der Waals surface area (Å²) in [5, 5.41) is 6.82. The largest absolute Gasteiger partial charge is 0.314 e. The van der Waals surface area contributed by atoms with Crippen LogP contribution in [0.5, 0.6) is 0 Å². The van der Waals surface area contributed by atoms with E-state index in [0.717, 1.165) is 31.6 Å². The van der Waals surface area contributed by atoms with Crippen LogP contribution >= 0.6 is 0 Å². The minimum atomic E-state index is 0.435. The molecule has 1 aliphatic heterocycles. The van der Waals surface area contributed by atoms with Crippen molar-refractivity contribution in [2.45, 2.75) is 33.7 Å². The minimum Gasteiger partial charge on any atom is -0.314 e. The number of rotatable bonds is 3. The molecule has 1 rings (SSSR count). The Labute approximate surface area is 76.1 Å². The van der Waals surface area contributed by atoms with Crippen molar-refractivity contribution in [3.8, 4) is 0 Å². The zero-order valence-electron chi connectivity index (χ0n) is 8.78. The predicted molar refractivity (Wildman–Crippen MR) is 53.3 cm³/mol. The molecule has 0 radical (unpaired) electrons. The Morgan fingerprint density at radius 3 is 2.33 bits per heavy atom. The smallest absolute Gasteiger partial charge is 0.0317 e. The summed E-state index contributed by atoms with van der Waals surface area (Å²) in [6.45, 7) is 12.7. The van der Waals surface area contributed by atoms with Crippen LogP contribution in [-0.4, -0.2) is 25.7 Å². The van der Waals surface area contributed by atoms with E-state index >= 15 is 0 Å². The standard InChI is InChI=1S/C10H22N2/c1-8(10(2,3)4)5-12-9-6-11-7-9/h8-9,11-12H,5-7H2,1-4H3. The molecule has 72 valence electrons. The molecule has 1 heterocycles. The van der Waals surface area contributed by atoms with Crippen LogP contribution in [0.15, 0.2) is 0 Å². The van der Waals surface area contributed by atoms with E-state index in [1.807, 2.05) is 0 Å². The zero-order valence-corrected chi connectivity index (χ0v) is 8.78. The molecule has 2 heteroatoms. The van der Waals surface area contributed by atoms with Gasteiger partial charge < -0.3 is 10.6 Å². The Bertz CT molecular complexity index is 133. The summed E-state index contributed by atoms with van der Waals surface area (Å²) in [6, 6.07) is 0.731. The lowest BCUT2D eigenvalue weighted by Gasteiger charge is -2.33. The first kappa shape index (κ1) is 10.0. The van der Waals surface area contributed by atoms with Crippen LogP contribution in [0.3, 0.4) is 0 Å². The van der Waals surface area contributed by atoms with E-state index in [2.05, 4.69) is 38.3 Å². The molecule has 0 amide bonds. The summed E-state index contributed by atoms with van der Waals surface area (Å²) in [6.07, 6.45) is 0. The molecule has 2 nitrogen and oxygen atoms in total. The van der Waals surface area contributed by atoms with E-state index in [-0.39, 0.29) is 0 Å². The Kier molecular flexibility index (Phi) is 3.13. The van der Waals surface area contributed by atoms with Gasteiger partial charge >= 0.3 is 0 Å². The second-order valence-electron chi connectivity index (χ2n) is 5.03. The van der Waals surface area contributed by atoms with Crippen molar-refractivity contribution >= 4 is 0 Å². The number of nitrogens with one attached hydrogen (secondary N) is 2. The van der Waals surface area contributed by atoms with E-state index in [0.29, 0.717) is 5.41 Å². The normalized spacial score (nSPS) is 22.0. The van der Waals surface area contributed by atoms with E-state index in [9.17, 15) is 0 Å². The maximum absolute atomic E-state index is 3.56. The average Bonchev–Trinajstić information content (AvgIpc) is 1.81. The van der Waals surface area contributed by atoms with Crippen LogP contribution in [0.1, 0.15) is 27.7 Å². The Morgan fingerprint density at radius 1 is 1.42 bits per heavy atom. The number of hydrogen-bond donors (Lipinski definition) is 2. The lowest BCUT2D eigenvalue weighted by atomic mass is 9.82. The maximum Gasteiger partial charge on any atom is 0.0317 e. The molecular formula is C10H22N2. The third-order valence-corrected chi connectivity index (χ3v) is 2.97. The molecule has 1 aliphatic rings. The van der Waals surface area contributed by atoms with E-state index in [1.54, 1.807) is 0 Å². The highest BCUT2D eigenvalue weighted by Gasteiger charge is 2.22. The second-order valence-corrected chi connectivity index (χ2v) is 5.03. The molecule has 1 unspecified atom stereocenters. The average molecular weight is 170 g/mol. The van der Waals surface area contributed by atoms with Crippen LogP contribution in [0, 0.1) is 11.3 Å². The van der Waals surface area contributed by atoms with Gasteiger partial charge in [0.05, 0.1) is 0 Å². The fraction of sp³-hybridized carbons (Fsp3) is 1.00. The van der Waals surface area contributed by atoms with Gasteiger partial charge in [0.1, 0.15) is 0 Å². The fourth-order valence-electron chi connectivity index (χ4n) is 1.08. The summed E-state index contributed by atoms with van der Waals surface area (Å²) < 4.78 is 0. The van der Waals surface area contributed by atoms with Gasteiger partial charge in [0.2, 0.25) is 0 Å². The molecule has 0 bridgehead atoms. The highest BCUT2D eigenvalue weighted by molar-refractivity contribution is 4.83. The summed E-state index contributed by atoms with van der Waals surface area (Å²) in [5.41, 5.74) is 0.435. The first-order valence-corrected chi connectivity index (χ1v) is 4.94. The van der Waals surface area contributed by atoms with Crippen molar-refractivity contribution in [2.24, 2.45) is 11.3 Å². The van der Waals surface area contributed by atoms with Gasteiger partial charge in [-0.2, -0.15) is 0 Å². The first-order chi connectivity index (χ1) is 5.50. The van der Waals surface area contributed by atoms with Crippen LogP contribution in [0.4, 0.5) is 0 Å². The van der Waals surface area contributed by atoms with E-state index in [1.165, 1.54) is 0 Å². The first-order valence-electron chi connectivity index (χ1n) is 4.94. The molecule has 1 saturated heterocycles. The highest BCUT2D eigenvalue weighted by Crippen LogP contribution is 2.24. The van der Waals surface area contributed by atoms with Crippen LogP contribution in [0.25, 0.3) is 0 Å². The SMILES string of the molecule is CC(CNC1CNC1)C(C)(C)C. The molecule has 0 spiro atoms. The van der Waals surface area contributed by atoms with Crippen molar-refractivity contribution in [3.63, 3.8) is 0 Å². The Balaban J connectivity index is 2.13. The van der Waals surface area contributed by atoms with E-state index in [4.69, 9.17) is 0 Å². The summed E-state index contributed by atoms with van der Waals surface area (Å²) in [4.78, 5) is 0.